The van der Waals surface area contributed by atoms with Crippen LogP contribution in [0.25, 0.3) is 0 Å². The molecule has 0 aliphatic heterocycles. The van der Waals surface area contributed by atoms with Gasteiger partial charge in [0.1, 0.15) is 0 Å². The van der Waals surface area contributed by atoms with Crippen LogP contribution in [0.15, 0.2) is 24.5 Å². The van der Waals surface area contributed by atoms with Gasteiger partial charge in [0.15, 0.2) is 0 Å². The van der Waals surface area contributed by atoms with Crippen LogP contribution < -0.4 is 5.32 Å². The van der Waals surface area contributed by atoms with E-state index >= 15 is 0 Å². The second-order valence-corrected chi connectivity index (χ2v) is 4.62. The average Bonchev–Trinajstić information content (AvgIpc) is 3.14. The number of nitrogens with zero attached hydrogens (tertiary/aromatic N) is 1. The Kier molecular flexibility index (Phi) is 4.91. The average molecular weight is 236 g/mol. The highest BCUT2D eigenvalue weighted by Gasteiger charge is 2.21. The van der Waals surface area contributed by atoms with Gasteiger partial charge >= 0.3 is 0 Å². The molecule has 1 saturated carbocycles. The van der Waals surface area contributed by atoms with Crippen LogP contribution in [0.2, 0.25) is 0 Å². The molecule has 0 radical (unpaired) electrons. The van der Waals surface area contributed by atoms with Crippen LogP contribution in [0.3, 0.4) is 0 Å². The van der Waals surface area contributed by atoms with Crippen molar-refractivity contribution in [3.05, 3.63) is 30.1 Å². The second kappa shape index (κ2) is 6.69. The van der Waals surface area contributed by atoms with Gasteiger partial charge in [-0.2, -0.15) is 0 Å². The number of hydrogen-bond acceptors (Lipinski definition) is 4. The van der Waals surface area contributed by atoms with Crippen LogP contribution in [0, 0.1) is 5.92 Å². The Morgan fingerprint density at radius 2 is 2.18 bits per heavy atom. The molecule has 0 aromatic carbocycles. The Hall–Kier alpha value is -0.970. The fourth-order valence-corrected chi connectivity index (χ4v) is 1.60. The molecule has 17 heavy (non-hydrogen) atoms. The SMILES string of the molecule is OC(CNCc1ccncc1)COCC1CC1. The molecule has 1 aromatic heterocycles. The number of hydrogen-bond donors (Lipinski definition) is 2. The number of aliphatic hydroxyl groups excluding tert-OH is 1. The van der Waals surface area contributed by atoms with Gasteiger partial charge in [0, 0.05) is 32.1 Å². The molecular formula is C13H20N2O2. The summed E-state index contributed by atoms with van der Waals surface area (Å²) < 4.78 is 5.42. The van der Waals surface area contributed by atoms with Crippen molar-refractivity contribution in [3.63, 3.8) is 0 Å². The zero-order chi connectivity index (χ0) is 11.9. The highest BCUT2D eigenvalue weighted by molar-refractivity contribution is 5.08. The smallest absolute Gasteiger partial charge is 0.0897 e. The molecule has 0 bridgehead atoms. The summed E-state index contributed by atoms with van der Waals surface area (Å²) in [5.74, 6) is 0.756. The van der Waals surface area contributed by atoms with Gasteiger partial charge in [-0.3, -0.25) is 4.98 Å². The van der Waals surface area contributed by atoms with E-state index in [9.17, 15) is 5.11 Å². The highest BCUT2D eigenvalue weighted by Crippen LogP contribution is 2.28. The van der Waals surface area contributed by atoms with Crippen molar-refractivity contribution in [2.75, 3.05) is 19.8 Å². The predicted octanol–water partition coefficient (Wildman–Crippen LogP) is 0.959. The molecule has 1 unspecified atom stereocenters. The summed E-state index contributed by atoms with van der Waals surface area (Å²) in [6.45, 7) is 2.55. The van der Waals surface area contributed by atoms with Gasteiger partial charge in [-0.05, 0) is 36.5 Å². The zero-order valence-electron chi connectivity index (χ0n) is 10.0. The van der Waals surface area contributed by atoms with E-state index < -0.39 is 6.10 Å². The van der Waals surface area contributed by atoms with E-state index in [4.69, 9.17) is 4.74 Å². The molecule has 4 heteroatoms. The Morgan fingerprint density at radius 1 is 1.41 bits per heavy atom. The number of nitrogens with one attached hydrogen (secondary N) is 1. The number of rotatable bonds is 8. The third-order valence-electron chi connectivity index (χ3n) is 2.82. The van der Waals surface area contributed by atoms with E-state index in [0.717, 1.165) is 19.1 Å². The molecule has 0 saturated heterocycles. The highest BCUT2D eigenvalue weighted by atomic mass is 16.5. The van der Waals surface area contributed by atoms with E-state index in [-0.39, 0.29) is 0 Å². The summed E-state index contributed by atoms with van der Waals surface area (Å²) in [7, 11) is 0. The minimum Gasteiger partial charge on any atom is -0.389 e. The van der Waals surface area contributed by atoms with Gasteiger partial charge in [0.2, 0.25) is 0 Å². The fraction of sp³-hybridized carbons (Fsp3) is 0.615. The second-order valence-electron chi connectivity index (χ2n) is 4.62. The van der Waals surface area contributed by atoms with Crippen molar-refractivity contribution in [1.29, 1.82) is 0 Å². The lowest BCUT2D eigenvalue weighted by Crippen LogP contribution is -2.30. The molecule has 1 aromatic rings. The predicted molar refractivity (Wildman–Crippen MR) is 65.5 cm³/mol. The summed E-state index contributed by atoms with van der Waals surface area (Å²) >= 11 is 0. The van der Waals surface area contributed by atoms with Crippen molar-refractivity contribution in [2.45, 2.75) is 25.5 Å². The molecule has 1 aliphatic rings. The summed E-state index contributed by atoms with van der Waals surface area (Å²) in [4.78, 5) is 3.95. The molecule has 4 nitrogen and oxygen atoms in total. The molecule has 2 rings (SSSR count). The number of pyridine rings is 1. The molecule has 1 heterocycles. The maximum Gasteiger partial charge on any atom is 0.0897 e. The molecule has 2 N–H and O–H groups in total. The molecule has 1 aliphatic carbocycles. The molecular weight excluding hydrogens is 216 g/mol. The minimum atomic E-state index is -0.421. The fourth-order valence-electron chi connectivity index (χ4n) is 1.60. The quantitative estimate of drug-likeness (QED) is 0.706. The van der Waals surface area contributed by atoms with Crippen LogP contribution in [0.4, 0.5) is 0 Å². The number of aliphatic hydroxyl groups is 1. The van der Waals surface area contributed by atoms with Crippen LogP contribution in [0.1, 0.15) is 18.4 Å². The summed E-state index contributed by atoms with van der Waals surface area (Å²) in [5, 5.41) is 12.9. The Bertz CT molecular complexity index is 314. The van der Waals surface area contributed by atoms with E-state index in [2.05, 4.69) is 10.3 Å². The Morgan fingerprint density at radius 3 is 2.88 bits per heavy atom. The Labute approximate surface area is 102 Å². The molecule has 1 fully saturated rings. The monoisotopic (exact) mass is 236 g/mol. The van der Waals surface area contributed by atoms with Crippen molar-refractivity contribution < 1.29 is 9.84 Å². The van der Waals surface area contributed by atoms with Gasteiger partial charge in [0.25, 0.3) is 0 Å². The van der Waals surface area contributed by atoms with E-state index in [0.29, 0.717) is 13.2 Å². The first kappa shape index (κ1) is 12.5. The minimum absolute atomic E-state index is 0.421. The molecule has 1 atom stereocenters. The lowest BCUT2D eigenvalue weighted by molar-refractivity contribution is 0.0324. The molecule has 94 valence electrons. The summed E-state index contributed by atoms with van der Waals surface area (Å²) in [5.41, 5.74) is 1.17. The lowest BCUT2D eigenvalue weighted by Gasteiger charge is -2.12. The maximum atomic E-state index is 9.66. The third kappa shape index (κ3) is 5.26. The van der Waals surface area contributed by atoms with Gasteiger partial charge < -0.3 is 15.2 Å². The Balaban J connectivity index is 1.51. The van der Waals surface area contributed by atoms with Crippen LogP contribution >= 0.6 is 0 Å². The van der Waals surface area contributed by atoms with Gasteiger partial charge in [-0.15, -0.1) is 0 Å². The number of aromatic nitrogens is 1. The van der Waals surface area contributed by atoms with Gasteiger partial charge in [-0.25, -0.2) is 0 Å². The van der Waals surface area contributed by atoms with Gasteiger partial charge in [0.05, 0.1) is 12.7 Å². The van der Waals surface area contributed by atoms with Crippen molar-refractivity contribution >= 4 is 0 Å². The van der Waals surface area contributed by atoms with Crippen LogP contribution in [-0.4, -0.2) is 36.0 Å². The normalized spacial score (nSPS) is 17.0. The van der Waals surface area contributed by atoms with Gasteiger partial charge in [-0.1, -0.05) is 0 Å². The van der Waals surface area contributed by atoms with Crippen molar-refractivity contribution in [2.24, 2.45) is 5.92 Å². The van der Waals surface area contributed by atoms with Crippen molar-refractivity contribution in [1.82, 2.24) is 10.3 Å². The number of ether oxygens (including phenoxy) is 1. The summed E-state index contributed by atoms with van der Waals surface area (Å²) in [6.07, 6.45) is 5.70. The first-order valence-electron chi connectivity index (χ1n) is 6.20. The molecule has 0 spiro atoms. The molecule has 0 amide bonds. The third-order valence-corrected chi connectivity index (χ3v) is 2.82. The standard InChI is InChI=1S/C13H20N2O2/c16-13(10-17-9-12-1-2-12)8-15-7-11-3-5-14-6-4-11/h3-6,12-13,15-16H,1-2,7-10H2. The van der Waals surface area contributed by atoms with Crippen LogP contribution in [-0.2, 0) is 11.3 Å². The topological polar surface area (TPSA) is 54.4 Å². The first-order chi connectivity index (χ1) is 8.34. The summed E-state index contributed by atoms with van der Waals surface area (Å²) in [6, 6.07) is 3.92. The van der Waals surface area contributed by atoms with Crippen molar-refractivity contribution in [3.8, 4) is 0 Å². The lowest BCUT2D eigenvalue weighted by atomic mass is 10.2. The van der Waals surface area contributed by atoms with E-state index in [1.54, 1.807) is 12.4 Å². The zero-order valence-corrected chi connectivity index (χ0v) is 10.0. The van der Waals surface area contributed by atoms with E-state index in [1.807, 2.05) is 12.1 Å². The van der Waals surface area contributed by atoms with E-state index in [1.165, 1.54) is 18.4 Å². The maximum absolute atomic E-state index is 9.66. The largest absolute Gasteiger partial charge is 0.389 e. The first-order valence-corrected chi connectivity index (χ1v) is 6.20. The van der Waals surface area contributed by atoms with Crippen LogP contribution in [0.5, 0.6) is 0 Å².